The molecule has 0 saturated heterocycles. The molecule has 0 fully saturated rings. The van der Waals surface area contributed by atoms with Crippen LogP contribution in [0.2, 0.25) is 0 Å². The molecule has 0 radical (unpaired) electrons. The Labute approximate surface area is 90.5 Å². The van der Waals surface area contributed by atoms with Gasteiger partial charge >= 0.3 is 5.51 Å². The Bertz CT molecular complexity index is 209. The van der Waals surface area contributed by atoms with Crippen molar-refractivity contribution in [1.82, 2.24) is 10.6 Å². The smallest absolute Gasteiger partial charge is 0.354 e. The molecule has 88 valence electrons. The minimum atomic E-state index is -4.23. The Morgan fingerprint density at radius 3 is 2.67 bits per heavy atom. The van der Waals surface area contributed by atoms with Gasteiger partial charge in [-0.1, -0.05) is 6.08 Å². The third-order valence-corrected chi connectivity index (χ3v) is 2.00. The molecule has 3 nitrogen and oxygen atoms in total. The molecule has 0 aromatic carbocycles. The van der Waals surface area contributed by atoms with Crippen LogP contribution in [0.25, 0.3) is 0 Å². The van der Waals surface area contributed by atoms with Crippen molar-refractivity contribution in [3.63, 3.8) is 0 Å². The van der Waals surface area contributed by atoms with Crippen LogP contribution in [0.5, 0.6) is 0 Å². The summed E-state index contributed by atoms with van der Waals surface area (Å²) in [6, 6.07) is 0. The predicted molar refractivity (Wildman–Crippen MR) is 54.6 cm³/mol. The van der Waals surface area contributed by atoms with Crippen LogP contribution < -0.4 is 10.6 Å². The lowest BCUT2D eigenvalue weighted by molar-refractivity contribution is -0.120. The van der Waals surface area contributed by atoms with Crippen molar-refractivity contribution in [1.29, 1.82) is 0 Å². The fraction of sp³-hybridized carbons (Fsp3) is 0.625. The van der Waals surface area contributed by atoms with Crippen molar-refractivity contribution in [2.45, 2.75) is 5.51 Å². The van der Waals surface area contributed by atoms with Crippen molar-refractivity contribution in [3.8, 4) is 0 Å². The molecule has 0 aromatic heterocycles. The summed E-state index contributed by atoms with van der Waals surface area (Å²) in [4.78, 5) is 10.9. The summed E-state index contributed by atoms with van der Waals surface area (Å²) in [5, 5.41) is 5.09. The number of amides is 1. The zero-order chi connectivity index (χ0) is 11.7. The van der Waals surface area contributed by atoms with E-state index in [0.29, 0.717) is 6.54 Å². The van der Waals surface area contributed by atoms with Crippen LogP contribution in [-0.2, 0) is 4.79 Å². The quantitative estimate of drug-likeness (QED) is 0.519. The standard InChI is InChI=1S/C8H13F3N2OS/c1-2-3-12-6-7(14)13-4-5-15-8(9,10)11/h2,12H,1,3-6H2,(H,13,14). The number of rotatable bonds is 7. The second-order valence-electron chi connectivity index (χ2n) is 2.56. The first kappa shape index (κ1) is 14.3. The molecular formula is C8H13F3N2OS. The van der Waals surface area contributed by atoms with Crippen molar-refractivity contribution < 1.29 is 18.0 Å². The van der Waals surface area contributed by atoms with Gasteiger partial charge in [0.15, 0.2) is 0 Å². The molecule has 0 atom stereocenters. The fourth-order valence-electron chi connectivity index (χ4n) is 0.707. The highest BCUT2D eigenvalue weighted by atomic mass is 32.2. The third kappa shape index (κ3) is 11.2. The van der Waals surface area contributed by atoms with Gasteiger partial charge in [-0.25, -0.2) is 0 Å². The van der Waals surface area contributed by atoms with E-state index >= 15 is 0 Å². The van der Waals surface area contributed by atoms with Gasteiger partial charge in [0.25, 0.3) is 0 Å². The molecule has 0 unspecified atom stereocenters. The highest BCUT2D eigenvalue weighted by Gasteiger charge is 2.27. The van der Waals surface area contributed by atoms with E-state index in [9.17, 15) is 18.0 Å². The Hall–Kier alpha value is -0.690. The van der Waals surface area contributed by atoms with Gasteiger partial charge < -0.3 is 10.6 Å². The van der Waals surface area contributed by atoms with E-state index in [-0.39, 0.29) is 36.5 Å². The summed E-state index contributed by atoms with van der Waals surface area (Å²) >= 11 is -0.147. The molecule has 0 heterocycles. The molecule has 0 aliphatic heterocycles. The first-order chi connectivity index (χ1) is 6.95. The lowest BCUT2D eigenvalue weighted by atomic mass is 10.5. The second-order valence-corrected chi connectivity index (χ2v) is 3.72. The topological polar surface area (TPSA) is 41.1 Å². The van der Waals surface area contributed by atoms with Gasteiger partial charge in [0.2, 0.25) is 5.91 Å². The van der Waals surface area contributed by atoms with Crippen LogP contribution in [0.3, 0.4) is 0 Å². The van der Waals surface area contributed by atoms with E-state index in [1.807, 2.05) is 0 Å². The number of hydrogen-bond acceptors (Lipinski definition) is 3. The highest BCUT2D eigenvalue weighted by molar-refractivity contribution is 8.00. The normalized spacial score (nSPS) is 11.1. The summed E-state index contributed by atoms with van der Waals surface area (Å²) in [6.45, 7) is 4.03. The van der Waals surface area contributed by atoms with E-state index in [1.54, 1.807) is 6.08 Å². The van der Waals surface area contributed by atoms with Crippen LogP contribution in [0, 0.1) is 0 Å². The molecule has 2 N–H and O–H groups in total. The van der Waals surface area contributed by atoms with Crippen molar-refractivity contribution >= 4 is 17.7 Å². The Balaban J connectivity index is 3.35. The van der Waals surface area contributed by atoms with Crippen LogP contribution in [0.1, 0.15) is 0 Å². The maximum atomic E-state index is 11.7. The van der Waals surface area contributed by atoms with Crippen LogP contribution in [0.15, 0.2) is 12.7 Å². The molecule has 0 aliphatic rings. The molecule has 0 aliphatic carbocycles. The van der Waals surface area contributed by atoms with Gasteiger partial charge in [0, 0.05) is 18.8 Å². The number of alkyl halides is 3. The second kappa shape index (κ2) is 7.58. The molecule has 1 amide bonds. The van der Waals surface area contributed by atoms with Crippen molar-refractivity contribution in [3.05, 3.63) is 12.7 Å². The summed E-state index contributed by atoms with van der Waals surface area (Å²) in [7, 11) is 0. The maximum Gasteiger partial charge on any atom is 0.441 e. The summed E-state index contributed by atoms with van der Waals surface area (Å²) < 4.78 is 35.0. The van der Waals surface area contributed by atoms with Crippen LogP contribution in [-0.4, -0.2) is 36.8 Å². The van der Waals surface area contributed by atoms with Crippen LogP contribution in [0.4, 0.5) is 13.2 Å². The highest BCUT2D eigenvalue weighted by Crippen LogP contribution is 2.29. The van der Waals surface area contributed by atoms with E-state index in [2.05, 4.69) is 17.2 Å². The largest absolute Gasteiger partial charge is 0.441 e. The Morgan fingerprint density at radius 1 is 1.47 bits per heavy atom. The van der Waals surface area contributed by atoms with Gasteiger partial charge in [-0.2, -0.15) is 13.2 Å². The van der Waals surface area contributed by atoms with E-state index in [1.165, 1.54) is 0 Å². The van der Waals surface area contributed by atoms with Gasteiger partial charge in [-0.15, -0.1) is 6.58 Å². The van der Waals surface area contributed by atoms with Crippen LogP contribution >= 0.6 is 11.8 Å². The number of hydrogen-bond donors (Lipinski definition) is 2. The average Bonchev–Trinajstić information content (AvgIpc) is 2.11. The zero-order valence-electron chi connectivity index (χ0n) is 8.06. The monoisotopic (exact) mass is 242 g/mol. The fourth-order valence-corrected chi connectivity index (χ4v) is 1.14. The first-order valence-corrected chi connectivity index (χ1v) is 5.23. The van der Waals surface area contributed by atoms with Gasteiger partial charge in [0.05, 0.1) is 6.54 Å². The third-order valence-electron chi connectivity index (χ3n) is 1.26. The SMILES string of the molecule is C=CCNCC(=O)NCCSC(F)(F)F. The van der Waals surface area contributed by atoms with Gasteiger partial charge in [0.1, 0.15) is 0 Å². The van der Waals surface area contributed by atoms with Crippen molar-refractivity contribution in [2.24, 2.45) is 0 Å². The molecule has 15 heavy (non-hydrogen) atoms. The van der Waals surface area contributed by atoms with Gasteiger partial charge in [-0.05, 0) is 11.8 Å². The minimum absolute atomic E-state index is 0.0127. The Kier molecular flexibility index (Phi) is 7.23. The predicted octanol–water partition coefficient (Wildman–Crippen LogP) is 1.13. The molecule has 0 rings (SSSR count). The van der Waals surface area contributed by atoms with Crippen molar-refractivity contribution in [2.75, 3.05) is 25.4 Å². The maximum absolute atomic E-state index is 11.7. The summed E-state index contributed by atoms with van der Waals surface area (Å²) in [5.41, 5.74) is -4.23. The molecule has 0 bridgehead atoms. The first-order valence-electron chi connectivity index (χ1n) is 4.24. The van der Waals surface area contributed by atoms with E-state index in [4.69, 9.17) is 0 Å². The number of nitrogens with one attached hydrogen (secondary N) is 2. The molecule has 0 saturated carbocycles. The minimum Gasteiger partial charge on any atom is -0.354 e. The molecule has 0 spiro atoms. The number of carbonyl (C=O) groups is 1. The summed E-state index contributed by atoms with van der Waals surface area (Å²) in [6.07, 6.45) is 1.59. The molecule has 7 heteroatoms. The number of thioether (sulfide) groups is 1. The Morgan fingerprint density at radius 2 is 2.13 bits per heavy atom. The summed E-state index contributed by atoms with van der Waals surface area (Å²) in [5.74, 6) is -0.490. The van der Waals surface area contributed by atoms with E-state index < -0.39 is 5.51 Å². The van der Waals surface area contributed by atoms with E-state index in [0.717, 1.165) is 0 Å². The zero-order valence-corrected chi connectivity index (χ0v) is 8.88. The lowest BCUT2D eigenvalue weighted by Gasteiger charge is -2.07. The van der Waals surface area contributed by atoms with Gasteiger partial charge in [-0.3, -0.25) is 4.79 Å². The molecule has 0 aromatic rings. The lowest BCUT2D eigenvalue weighted by Crippen LogP contribution is -2.35. The number of carbonyl (C=O) groups excluding carboxylic acids is 1. The number of halogens is 3. The molecular weight excluding hydrogens is 229 g/mol. The average molecular weight is 242 g/mol.